The third kappa shape index (κ3) is 4.86. The number of aromatic amines is 1. The Morgan fingerprint density at radius 2 is 1.79 bits per heavy atom. The molecule has 4 rings (SSSR count). The van der Waals surface area contributed by atoms with Gasteiger partial charge in [-0.3, -0.25) is 9.59 Å². The minimum Gasteiger partial charge on any atom is -0.351 e. The van der Waals surface area contributed by atoms with Crippen molar-refractivity contribution < 1.29 is 13.6 Å². The minimum atomic E-state index is -1.04. The minimum absolute atomic E-state index is 0.167. The summed E-state index contributed by atoms with van der Waals surface area (Å²) in [7, 11) is 0. The molecule has 0 unspecified atom stereocenters. The van der Waals surface area contributed by atoms with Crippen molar-refractivity contribution in [3.05, 3.63) is 76.2 Å². The molecule has 176 valence electrons. The van der Waals surface area contributed by atoms with Gasteiger partial charge in [0.2, 0.25) is 0 Å². The van der Waals surface area contributed by atoms with Crippen molar-refractivity contribution in [2.24, 2.45) is 0 Å². The highest BCUT2D eigenvalue weighted by Crippen LogP contribution is 2.21. The number of pyridine rings is 1. The summed E-state index contributed by atoms with van der Waals surface area (Å²) < 4.78 is 27.1. The highest BCUT2D eigenvalue weighted by atomic mass is 19.2. The van der Waals surface area contributed by atoms with Crippen LogP contribution in [0, 0.1) is 11.6 Å². The van der Waals surface area contributed by atoms with Gasteiger partial charge in [0.1, 0.15) is 5.69 Å². The molecule has 0 aliphatic heterocycles. The molecule has 2 aromatic heterocycles. The number of H-pyrrole nitrogens is 1. The number of halogens is 2. The van der Waals surface area contributed by atoms with Crippen LogP contribution in [-0.4, -0.2) is 57.0 Å². The van der Waals surface area contributed by atoms with Crippen LogP contribution < -0.4 is 10.9 Å². The predicted molar refractivity (Wildman–Crippen MR) is 125 cm³/mol. The van der Waals surface area contributed by atoms with E-state index in [0.29, 0.717) is 23.2 Å². The van der Waals surface area contributed by atoms with Crippen LogP contribution in [0.15, 0.2) is 53.5 Å². The highest BCUT2D eigenvalue weighted by Gasteiger charge is 2.13. The van der Waals surface area contributed by atoms with Crippen molar-refractivity contribution in [3.8, 4) is 16.9 Å². The number of amides is 1. The van der Waals surface area contributed by atoms with Crippen LogP contribution in [0.1, 0.15) is 24.2 Å². The Morgan fingerprint density at radius 3 is 2.50 bits per heavy atom. The lowest BCUT2D eigenvalue weighted by Gasteiger charge is -2.17. The molecule has 34 heavy (non-hydrogen) atoms. The molecule has 0 aliphatic rings. The maximum atomic E-state index is 13.6. The van der Waals surface area contributed by atoms with Gasteiger partial charge in [0.15, 0.2) is 11.6 Å². The molecule has 0 atom stereocenters. The predicted octanol–water partition coefficient (Wildman–Crippen LogP) is 3.13. The Kier molecular flexibility index (Phi) is 6.78. The number of nitrogens with zero attached hydrogens (tertiary/aromatic N) is 4. The monoisotopic (exact) mass is 466 g/mol. The van der Waals surface area contributed by atoms with Crippen LogP contribution in [0.25, 0.3) is 27.8 Å². The Morgan fingerprint density at radius 1 is 1.09 bits per heavy atom. The van der Waals surface area contributed by atoms with Gasteiger partial charge in [-0.15, -0.1) is 5.10 Å². The second-order valence-corrected chi connectivity index (χ2v) is 7.71. The summed E-state index contributed by atoms with van der Waals surface area (Å²) in [5.41, 5.74) is 1.24. The van der Waals surface area contributed by atoms with Crippen LogP contribution in [0.5, 0.6) is 0 Å². The van der Waals surface area contributed by atoms with E-state index in [9.17, 15) is 18.4 Å². The van der Waals surface area contributed by atoms with Crippen molar-refractivity contribution in [1.82, 2.24) is 30.2 Å². The summed E-state index contributed by atoms with van der Waals surface area (Å²) in [6.07, 6.45) is 1.41. The molecule has 4 aromatic rings. The van der Waals surface area contributed by atoms with Crippen LogP contribution in [-0.2, 0) is 0 Å². The van der Waals surface area contributed by atoms with Crippen LogP contribution in [0.4, 0.5) is 8.78 Å². The first-order chi connectivity index (χ1) is 16.4. The summed E-state index contributed by atoms with van der Waals surface area (Å²) in [6.45, 7) is 7.36. The molecule has 0 bridgehead atoms. The molecule has 10 heteroatoms. The Hall–Kier alpha value is -3.92. The summed E-state index contributed by atoms with van der Waals surface area (Å²) >= 11 is 0. The number of carbonyl (C=O) groups excluding carboxylic acids is 1. The summed E-state index contributed by atoms with van der Waals surface area (Å²) in [5, 5.41) is 11.8. The normalized spacial score (nSPS) is 11.3. The molecular formula is C24H24F2N6O2. The number of benzene rings is 2. The molecule has 0 saturated carbocycles. The lowest BCUT2D eigenvalue weighted by molar-refractivity contribution is 0.0949. The third-order valence-electron chi connectivity index (χ3n) is 5.62. The Balaban J connectivity index is 1.50. The molecule has 0 saturated heterocycles. The number of aromatic nitrogens is 4. The summed E-state index contributed by atoms with van der Waals surface area (Å²) in [6, 6.07) is 10.1. The lowest BCUT2D eigenvalue weighted by atomic mass is 10.1. The van der Waals surface area contributed by atoms with Gasteiger partial charge in [-0.05, 0) is 49.5 Å². The zero-order valence-electron chi connectivity index (χ0n) is 18.8. The summed E-state index contributed by atoms with van der Waals surface area (Å²) in [5.74, 6) is -2.21. The third-order valence-corrected chi connectivity index (χ3v) is 5.62. The summed E-state index contributed by atoms with van der Waals surface area (Å²) in [4.78, 5) is 30.9. The van der Waals surface area contributed by atoms with E-state index in [1.807, 2.05) is 0 Å². The van der Waals surface area contributed by atoms with Crippen LogP contribution >= 0.6 is 0 Å². The van der Waals surface area contributed by atoms with E-state index in [2.05, 4.69) is 39.2 Å². The zero-order valence-corrected chi connectivity index (χ0v) is 18.8. The number of hydrogen-bond acceptors (Lipinski definition) is 5. The second-order valence-electron chi connectivity index (χ2n) is 7.71. The fourth-order valence-electron chi connectivity index (χ4n) is 3.62. The fraction of sp³-hybridized carbons (Fsp3) is 0.250. The number of likely N-dealkylation sites (N-methyl/N-ethyl adjacent to an activating group) is 1. The number of rotatable bonds is 8. The van der Waals surface area contributed by atoms with Gasteiger partial charge in [-0.25, -0.2) is 8.78 Å². The van der Waals surface area contributed by atoms with Crippen molar-refractivity contribution >= 4 is 16.8 Å². The first-order valence-corrected chi connectivity index (χ1v) is 11.0. The van der Waals surface area contributed by atoms with Crippen molar-refractivity contribution in [1.29, 1.82) is 0 Å². The van der Waals surface area contributed by atoms with E-state index in [1.54, 1.807) is 24.3 Å². The maximum absolute atomic E-state index is 13.6. The van der Waals surface area contributed by atoms with E-state index in [4.69, 9.17) is 0 Å². The Bertz CT molecular complexity index is 1380. The van der Waals surface area contributed by atoms with Crippen molar-refractivity contribution in [3.63, 3.8) is 0 Å². The van der Waals surface area contributed by atoms with E-state index < -0.39 is 17.2 Å². The zero-order chi connectivity index (χ0) is 24.2. The fourth-order valence-corrected chi connectivity index (χ4v) is 3.62. The molecule has 0 spiro atoms. The van der Waals surface area contributed by atoms with Gasteiger partial charge in [0.05, 0.1) is 23.0 Å². The maximum Gasteiger partial charge on any atom is 0.258 e. The molecular weight excluding hydrogens is 442 g/mol. The van der Waals surface area contributed by atoms with E-state index >= 15 is 0 Å². The second kappa shape index (κ2) is 9.92. The molecule has 1 amide bonds. The number of hydrogen-bond donors (Lipinski definition) is 2. The first-order valence-electron chi connectivity index (χ1n) is 11.0. The molecule has 2 aromatic carbocycles. The number of fused-ring (bicyclic) bond motifs is 1. The van der Waals surface area contributed by atoms with Gasteiger partial charge in [-0.1, -0.05) is 13.8 Å². The number of nitrogens with one attached hydrogen (secondary N) is 2. The largest absolute Gasteiger partial charge is 0.351 e. The number of carbonyl (C=O) groups is 1. The van der Waals surface area contributed by atoms with E-state index in [0.717, 1.165) is 31.8 Å². The van der Waals surface area contributed by atoms with Gasteiger partial charge in [-0.2, -0.15) is 9.90 Å². The molecule has 0 fully saturated rings. The average Bonchev–Trinajstić information content (AvgIpc) is 3.32. The van der Waals surface area contributed by atoms with Gasteiger partial charge in [0.25, 0.3) is 11.5 Å². The molecule has 8 nitrogen and oxygen atoms in total. The quantitative estimate of drug-likeness (QED) is 0.416. The van der Waals surface area contributed by atoms with Gasteiger partial charge in [0, 0.05) is 30.1 Å². The van der Waals surface area contributed by atoms with Crippen LogP contribution in [0.3, 0.4) is 0 Å². The molecule has 0 aliphatic carbocycles. The molecule has 2 N–H and O–H groups in total. The molecule has 2 heterocycles. The van der Waals surface area contributed by atoms with E-state index in [1.165, 1.54) is 17.1 Å². The van der Waals surface area contributed by atoms with Crippen molar-refractivity contribution in [2.75, 3.05) is 26.2 Å². The van der Waals surface area contributed by atoms with Crippen molar-refractivity contribution in [2.45, 2.75) is 13.8 Å². The SMILES string of the molecule is CCN(CC)CCNC(=O)c1ccc(-n2ncc(-c3cc4cc(F)c(F)cc4[nH]c3=O)n2)cc1. The average molecular weight is 466 g/mol. The van der Waals surface area contributed by atoms with Gasteiger partial charge >= 0.3 is 0 Å². The Labute approximate surface area is 194 Å². The highest BCUT2D eigenvalue weighted by molar-refractivity contribution is 5.94. The van der Waals surface area contributed by atoms with E-state index in [-0.39, 0.29) is 22.7 Å². The smallest absolute Gasteiger partial charge is 0.258 e. The van der Waals surface area contributed by atoms with Crippen LogP contribution in [0.2, 0.25) is 0 Å². The molecule has 0 radical (unpaired) electrons. The topological polar surface area (TPSA) is 95.9 Å². The van der Waals surface area contributed by atoms with Gasteiger partial charge < -0.3 is 15.2 Å². The first kappa shape index (κ1) is 23.2. The lowest BCUT2D eigenvalue weighted by Crippen LogP contribution is -2.34. The standard InChI is InChI=1S/C24H24F2N6O2/c1-3-31(4-2)10-9-27-23(33)15-5-7-17(8-6-15)32-28-14-22(30-32)18-11-16-12-19(25)20(26)13-21(16)29-24(18)34/h5-8,11-14H,3-4,9-10H2,1-2H3,(H,27,33)(H,29,34).